The van der Waals surface area contributed by atoms with Gasteiger partial charge in [-0.2, -0.15) is 0 Å². The van der Waals surface area contributed by atoms with Gasteiger partial charge in [-0.25, -0.2) is 0 Å². The van der Waals surface area contributed by atoms with E-state index in [1.165, 1.54) is 16.7 Å². The van der Waals surface area contributed by atoms with E-state index in [-0.39, 0.29) is 18.1 Å². The molecule has 1 aliphatic carbocycles. The van der Waals surface area contributed by atoms with Crippen molar-refractivity contribution in [1.29, 1.82) is 0 Å². The highest BCUT2D eigenvalue weighted by Crippen LogP contribution is 2.19. The van der Waals surface area contributed by atoms with Crippen LogP contribution >= 0.6 is 0 Å². The van der Waals surface area contributed by atoms with Crippen molar-refractivity contribution in [1.82, 2.24) is 5.32 Å². The lowest BCUT2D eigenvalue weighted by Gasteiger charge is -2.25. The number of carbonyl (C=O) groups is 1. The van der Waals surface area contributed by atoms with Crippen molar-refractivity contribution in [2.45, 2.75) is 58.6 Å². The zero-order chi connectivity index (χ0) is 15.4. The Hall–Kier alpha value is -1.61. The van der Waals surface area contributed by atoms with Crippen molar-refractivity contribution in [3.05, 3.63) is 40.5 Å². The molecule has 1 aliphatic rings. The second-order valence-corrected chi connectivity index (χ2v) is 6.14. The second-order valence-electron chi connectivity index (χ2n) is 6.14. The third-order valence-corrected chi connectivity index (χ3v) is 4.34. The van der Waals surface area contributed by atoms with Gasteiger partial charge < -0.3 is 10.4 Å². The van der Waals surface area contributed by atoms with Crippen LogP contribution in [0.5, 0.6) is 0 Å². The van der Waals surface area contributed by atoms with E-state index in [0.29, 0.717) is 0 Å². The standard InChI is InChI=1S/C18H25NO2/c1-12-10-14(3)15(11-13(12)2)4-9-18(21)19-16-5-7-17(20)8-6-16/h4,9-11,16-17,20H,5-8H2,1-3H3,(H,19,21). The first-order valence-corrected chi connectivity index (χ1v) is 7.70. The number of hydrogen-bond donors (Lipinski definition) is 2. The minimum absolute atomic E-state index is 0.0472. The molecule has 0 heterocycles. The van der Waals surface area contributed by atoms with Gasteiger partial charge in [0.1, 0.15) is 0 Å². The van der Waals surface area contributed by atoms with Crippen LogP contribution in [0.1, 0.15) is 47.9 Å². The summed E-state index contributed by atoms with van der Waals surface area (Å²) in [4.78, 5) is 12.0. The summed E-state index contributed by atoms with van der Waals surface area (Å²) in [5, 5.41) is 12.5. The van der Waals surface area contributed by atoms with E-state index in [0.717, 1.165) is 31.2 Å². The predicted octanol–water partition coefficient (Wildman–Crippen LogP) is 3.04. The van der Waals surface area contributed by atoms with Crippen molar-refractivity contribution in [2.75, 3.05) is 0 Å². The first kappa shape index (κ1) is 15.8. The molecule has 0 aliphatic heterocycles. The van der Waals surface area contributed by atoms with Gasteiger partial charge in [-0.3, -0.25) is 4.79 Å². The van der Waals surface area contributed by atoms with Gasteiger partial charge in [-0.1, -0.05) is 12.1 Å². The molecule has 114 valence electrons. The molecule has 1 aromatic carbocycles. The number of amides is 1. The molecule has 21 heavy (non-hydrogen) atoms. The zero-order valence-corrected chi connectivity index (χ0v) is 13.1. The van der Waals surface area contributed by atoms with Crippen molar-refractivity contribution in [3.63, 3.8) is 0 Å². The summed E-state index contributed by atoms with van der Waals surface area (Å²) in [6, 6.07) is 4.47. The Morgan fingerprint density at radius 1 is 1.10 bits per heavy atom. The molecule has 0 bridgehead atoms. The summed E-state index contributed by atoms with van der Waals surface area (Å²) in [7, 11) is 0. The number of benzene rings is 1. The normalized spacial score (nSPS) is 22.5. The lowest BCUT2D eigenvalue weighted by Crippen LogP contribution is -2.37. The third-order valence-electron chi connectivity index (χ3n) is 4.34. The van der Waals surface area contributed by atoms with Crippen LogP contribution in [0.25, 0.3) is 6.08 Å². The van der Waals surface area contributed by atoms with Crippen LogP contribution in [0.15, 0.2) is 18.2 Å². The highest BCUT2D eigenvalue weighted by atomic mass is 16.3. The molecule has 0 saturated heterocycles. The zero-order valence-electron chi connectivity index (χ0n) is 13.1. The van der Waals surface area contributed by atoms with E-state index >= 15 is 0 Å². The number of aliphatic hydroxyl groups is 1. The summed E-state index contributed by atoms with van der Waals surface area (Å²) in [6.07, 6.45) is 6.60. The first-order valence-electron chi connectivity index (χ1n) is 7.70. The fourth-order valence-electron chi connectivity index (χ4n) is 2.80. The molecule has 2 N–H and O–H groups in total. The second kappa shape index (κ2) is 6.90. The summed E-state index contributed by atoms with van der Waals surface area (Å²) in [5.41, 5.74) is 4.78. The van der Waals surface area contributed by atoms with Gasteiger partial charge in [0.2, 0.25) is 5.91 Å². The number of rotatable bonds is 3. The van der Waals surface area contributed by atoms with Crippen molar-refractivity contribution in [2.24, 2.45) is 0 Å². The molecule has 1 amide bonds. The maximum absolute atomic E-state index is 12.0. The fourth-order valence-corrected chi connectivity index (χ4v) is 2.80. The lowest BCUT2D eigenvalue weighted by molar-refractivity contribution is -0.117. The Labute approximate surface area is 127 Å². The Morgan fingerprint density at radius 3 is 2.38 bits per heavy atom. The number of carbonyl (C=O) groups excluding carboxylic acids is 1. The molecule has 0 unspecified atom stereocenters. The molecule has 0 radical (unpaired) electrons. The van der Waals surface area contributed by atoms with E-state index in [2.05, 4.69) is 38.2 Å². The SMILES string of the molecule is Cc1cc(C)c(C=CC(=O)NC2CCC(O)CC2)cc1C. The van der Waals surface area contributed by atoms with Crippen molar-refractivity contribution >= 4 is 12.0 Å². The lowest BCUT2D eigenvalue weighted by atomic mass is 9.93. The van der Waals surface area contributed by atoms with Gasteiger partial charge in [-0.05, 0) is 74.8 Å². The average Bonchev–Trinajstić information content (AvgIpc) is 2.44. The minimum atomic E-state index is -0.188. The van der Waals surface area contributed by atoms with Crippen LogP contribution in [0.3, 0.4) is 0 Å². The number of hydrogen-bond acceptors (Lipinski definition) is 2. The van der Waals surface area contributed by atoms with Crippen LogP contribution < -0.4 is 5.32 Å². The van der Waals surface area contributed by atoms with Crippen LogP contribution in [-0.4, -0.2) is 23.2 Å². The predicted molar refractivity (Wildman–Crippen MR) is 86.1 cm³/mol. The largest absolute Gasteiger partial charge is 0.393 e. The van der Waals surface area contributed by atoms with E-state index < -0.39 is 0 Å². The third kappa shape index (κ3) is 4.43. The molecule has 3 nitrogen and oxygen atoms in total. The molecular weight excluding hydrogens is 262 g/mol. The number of nitrogens with one attached hydrogen (secondary N) is 1. The Balaban J connectivity index is 1.94. The van der Waals surface area contributed by atoms with Gasteiger partial charge in [0.15, 0.2) is 0 Å². The Kier molecular flexibility index (Phi) is 5.18. The Morgan fingerprint density at radius 2 is 1.71 bits per heavy atom. The monoisotopic (exact) mass is 287 g/mol. The highest BCUT2D eigenvalue weighted by molar-refractivity contribution is 5.92. The van der Waals surface area contributed by atoms with Gasteiger partial charge in [0.05, 0.1) is 6.10 Å². The summed E-state index contributed by atoms with van der Waals surface area (Å²) >= 11 is 0. The molecule has 0 atom stereocenters. The topological polar surface area (TPSA) is 49.3 Å². The average molecular weight is 287 g/mol. The van der Waals surface area contributed by atoms with Gasteiger partial charge in [0, 0.05) is 12.1 Å². The summed E-state index contributed by atoms with van der Waals surface area (Å²) in [6.45, 7) is 6.24. The van der Waals surface area contributed by atoms with E-state index in [1.807, 2.05) is 6.08 Å². The van der Waals surface area contributed by atoms with E-state index in [4.69, 9.17) is 0 Å². The molecule has 0 spiro atoms. The number of aliphatic hydroxyl groups excluding tert-OH is 1. The molecule has 2 rings (SSSR count). The van der Waals surface area contributed by atoms with Gasteiger partial charge in [0.25, 0.3) is 0 Å². The minimum Gasteiger partial charge on any atom is -0.393 e. The van der Waals surface area contributed by atoms with E-state index in [9.17, 15) is 9.90 Å². The maximum Gasteiger partial charge on any atom is 0.244 e. The van der Waals surface area contributed by atoms with Crippen molar-refractivity contribution < 1.29 is 9.90 Å². The smallest absolute Gasteiger partial charge is 0.244 e. The highest BCUT2D eigenvalue weighted by Gasteiger charge is 2.19. The summed E-state index contributed by atoms with van der Waals surface area (Å²) in [5.74, 6) is -0.0472. The first-order chi connectivity index (χ1) is 9.95. The quantitative estimate of drug-likeness (QED) is 0.840. The van der Waals surface area contributed by atoms with Crippen LogP contribution in [-0.2, 0) is 4.79 Å². The molecule has 1 aromatic rings. The molecule has 0 aromatic heterocycles. The van der Waals surface area contributed by atoms with E-state index in [1.54, 1.807) is 6.08 Å². The fraction of sp³-hybridized carbons (Fsp3) is 0.500. The Bertz CT molecular complexity index is 540. The molecular formula is C18H25NO2. The molecule has 1 saturated carbocycles. The summed E-state index contributed by atoms with van der Waals surface area (Å²) < 4.78 is 0. The number of aryl methyl sites for hydroxylation is 3. The van der Waals surface area contributed by atoms with Gasteiger partial charge >= 0.3 is 0 Å². The maximum atomic E-state index is 12.0. The molecule has 3 heteroatoms. The van der Waals surface area contributed by atoms with Crippen LogP contribution in [0.4, 0.5) is 0 Å². The molecule has 1 fully saturated rings. The van der Waals surface area contributed by atoms with Crippen LogP contribution in [0, 0.1) is 20.8 Å². The van der Waals surface area contributed by atoms with Crippen molar-refractivity contribution in [3.8, 4) is 0 Å². The van der Waals surface area contributed by atoms with Crippen LogP contribution in [0.2, 0.25) is 0 Å². The van der Waals surface area contributed by atoms with Gasteiger partial charge in [-0.15, -0.1) is 0 Å².